The highest BCUT2D eigenvalue weighted by Crippen LogP contribution is 2.18. The van der Waals surface area contributed by atoms with Gasteiger partial charge in [-0.05, 0) is 0 Å². The van der Waals surface area contributed by atoms with E-state index < -0.39 is 34.2 Å². The molecule has 0 aliphatic carbocycles. The number of primary amides is 1. The first-order chi connectivity index (χ1) is 6.43. The Bertz CT molecular complexity index is 430. The lowest BCUT2D eigenvalue weighted by Gasteiger charge is -2.03. The SMILES string of the molecule is NC(=O)c1c(Cl)[nH]c(C(F)F)cc1=O. The second kappa shape index (κ2) is 3.75. The van der Waals surface area contributed by atoms with E-state index in [0.29, 0.717) is 6.07 Å². The van der Waals surface area contributed by atoms with Crippen molar-refractivity contribution >= 4 is 17.5 Å². The van der Waals surface area contributed by atoms with Gasteiger partial charge in [0, 0.05) is 6.07 Å². The summed E-state index contributed by atoms with van der Waals surface area (Å²) in [6.45, 7) is 0. The van der Waals surface area contributed by atoms with E-state index in [9.17, 15) is 18.4 Å². The summed E-state index contributed by atoms with van der Waals surface area (Å²) < 4.78 is 24.2. The minimum absolute atomic E-state index is 0.472. The first-order valence-electron chi connectivity index (χ1n) is 3.44. The van der Waals surface area contributed by atoms with E-state index in [-0.39, 0.29) is 0 Å². The Morgan fingerprint density at radius 1 is 1.57 bits per heavy atom. The fraction of sp³-hybridized carbons (Fsp3) is 0.143. The number of rotatable bonds is 2. The summed E-state index contributed by atoms with van der Waals surface area (Å²) >= 11 is 5.38. The zero-order valence-corrected chi connectivity index (χ0v) is 7.44. The van der Waals surface area contributed by atoms with Crippen LogP contribution >= 0.6 is 11.6 Å². The number of carbonyl (C=O) groups is 1. The van der Waals surface area contributed by atoms with E-state index in [0.717, 1.165) is 0 Å². The normalized spacial score (nSPS) is 10.6. The molecule has 0 atom stereocenters. The molecule has 0 aromatic carbocycles. The van der Waals surface area contributed by atoms with Crippen molar-refractivity contribution in [3.63, 3.8) is 0 Å². The van der Waals surface area contributed by atoms with Gasteiger partial charge in [-0.3, -0.25) is 9.59 Å². The van der Waals surface area contributed by atoms with Crippen LogP contribution < -0.4 is 11.2 Å². The van der Waals surface area contributed by atoms with Gasteiger partial charge in [0.05, 0.1) is 5.69 Å². The quantitative estimate of drug-likeness (QED) is 0.735. The van der Waals surface area contributed by atoms with Gasteiger partial charge < -0.3 is 10.7 Å². The van der Waals surface area contributed by atoms with Crippen LogP contribution in [0.25, 0.3) is 0 Å². The molecule has 76 valence electrons. The van der Waals surface area contributed by atoms with Crippen molar-refractivity contribution in [2.75, 3.05) is 0 Å². The molecule has 7 heteroatoms. The largest absolute Gasteiger partial charge is 0.365 e. The summed E-state index contributed by atoms with van der Waals surface area (Å²) in [4.78, 5) is 23.7. The predicted octanol–water partition coefficient (Wildman–Crippen LogP) is 1.06. The van der Waals surface area contributed by atoms with Crippen LogP contribution in [-0.2, 0) is 0 Å². The van der Waals surface area contributed by atoms with Gasteiger partial charge >= 0.3 is 0 Å². The Morgan fingerprint density at radius 2 is 2.14 bits per heavy atom. The second-order valence-electron chi connectivity index (χ2n) is 2.44. The summed E-state index contributed by atoms with van der Waals surface area (Å²) in [7, 11) is 0. The molecule has 0 unspecified atom stereocenters. The van der Waals surface area contributed by atoms with Crippen LogP contribution in [0, 0.1) is 0 Å². The van der Waals surface area contributed by atoms with Crippen LogP contribution in [0.4, 0.5) is 8.78 Å². The zero-order valence-electron chi connectivity index (χ0n) is 6.68. The highest BCUT2D eigenvalue weighted by molar-refractivity contribution is 6.32. The third kappa shape index (κ3) is 1.90. The van der Waals surface area contributed by atoms with Crippen molar-refractivity contribution in [2.24, 2.45) is 5.73 Å². The number of amides is 1. The number of nitrogens with one attached hydrogen (secondary N) is 1. The van der Waals surface area contributed by atoms with Crippen LogP contribution in [0.5, 0.6) is 0 Å². The number of alkyl halides is 2. The number of carbonyl (C=O) groups excluding carboxylic acids is 1. The van der Waals surface area contributed by atoms with Crippen LogP contribution in [-0.4, -0.2) is 10.9 Å². The predicted molar refractivity (Wildman–Crippen MR) is 45.5 cm³/mol. The lowest BCUT2D eigenvalue weighted by molar-refractivity contribution is 0.0998. The van der Waals surface area contributed by atoms with Gasteiger partial charge in [0.15, 0.2) is 5.43 Å². The summed E-state index contributed by atoms with van der Waals surface area (Å²) in [6, 6.07) is 0.594. The minimum atomic E-state index is -2.86. The molecule has 0 bridgehead atoms. The average Bonchev–Trinajstić information content (AvgIpc) is 2.01. The summed E-state index contributed by atoms with van der Waals surface area (Å²) in [5.41, 5.74) is 2.73. The van der Waals surface area contributed by atoms with E-state index in [1.54, 1.807) is 0 Å². The van der Waals surface area contributed by atoms with Crippen molar-refractivity contribution in [1.82, 2.24) is 4.98 Å². The third-order valence-electron chi connectivity index (χ3n) is 1.49. The molecule has 0 aliphatic heterocycles. The van der Waals surface area contributed by atoms with E-state index in [4.69, 9.17) is 17.3 Å². The van der Waals surface area contributed by atoms with Gasteiger partial charge in [-0.25, -0.2) is 8.78 Å². The summed E-state index contributed by atoms with van der Waals surface area (Å²) in [5.74, 6) is -1.06. The number of aromatic amines is 1. The van der Waals surface area contributed by atoms with Crippen LogP contribution in [0.15, 0.2) is 10.9 Å². The van der Waals surface area contributed by atoms with Crippen molar-refractivity contribution < 1.29 is 13.6 Å². The molecule has 1 aromatic rings. The van der Waals surface area contributed by atoms with E-state index in [2.05, 4.69) is 0 Å². The maximum atomic E-state index is 12.1. The van der Waals surface area contributed by atoms with Gasteiger partial charge in [-0.2, -0.15) is 0 Å². The summed E-state index contributed by atoms with van der Waals surface area (Å²) in [6.07, 6.45) is -2.86. The van der Waals surface area contributed by atoms with Gasteiger partial charge in [-0.1, -0.05) is 11.6 Å². The Labute approximate surface area is 81.7 Å². The monoisotopic (exact) mass is 222 g/mol. The molecule has 0 aliphatic rings. The van der Waals surface area contributed by atoms with E-state index in [1.165, 1.54) is 0 Å². The lowest BCUT2D eigenvalue weighted by Crippen LogP contribution is -2.23. The van der Waals surface area contributed by atoms with Crippen LogP contribution in [0.1, 0.15) is 22.5 Å². The molecular weight excluding hydrogens is 218 g/mol. The standard InChI is InChI=1S/C7H5ClF2N2O2/c8-5-4(7(11)14)3(13)1-2(12-5)6(9)10/h1,6H,(H2,11,14)(H,12,13). The third-order valence-corrected chi connectivity index (χ3v) is 1.77. The fourth-order valence-corrected chi connectivity index (χ4v) is 1.19. The minimum Gasteiger partial charge on any atom is -0.365 e. The molecule has 0 saturated heterocycles. The van der Waals surface area contributed by atoms with Crippen LogP contribution in [0.3, 0.4) is 0 Å². The molecule has 1 amide bonds. The number of H-pyrrole nitrogens is 1. The van der Waals surface area contributed by atoms with Crippen molar-refractivity contribution in [3.05, 3.63) is 32.7 Å². The van der Waals surface area contributed by atoms with Gasteiger partial charge in [-0.15, -0.1) is 0 Å². The van der Waals surface area contributed by atoms with Crippen molar-refractivity contribution in [1.29, 1.82) is 0 Å². The van der Waals surface area contributed by atoms with Gasteiger partial charge in [0.1, 0.15) is 10.7 Å². The smallest absolute Gasteiger partial charge is 0.278 e. The average molecular weight is 223 g/mol. The first kappa shape index (κ1) is 10.6. The zero-order chi connectivity index (χ0) is 10.9. The van der Waals surface area contributed by atoms with E-state index in [1.807, 2.05) is 4.98 Å². The molecule has 3 N–H and O–H groups in total. The summed E-state index contributed by atoms with van der Waals surface area (Å²) in [5, 5.41) is -0.472. The van der Waals surface area contributed by atoms with E-state index >= 15 is 0 Å². The molecule has 0 radical (unpaired) electrons. The van der Waals surface area contributed by atoms with Crippen molar-refractivity contribution in [3.8, 4) is 0 Å². The van der Waals surface area contributed by atoms with Crippen molar-refractivity contribution in [2.45, 2.75) is 6.43 Å². The molecule has 1 rings (SSSR count). The topological polar surface area (TPSA) is 76.0 Å². The molecule has 14 heavy (non-hydrogen) atoms. The number of nitrogens with two attached hydrogens (primary N) is 1. The second-order valence-corrected chi connectivity index (χ2v) is 2.82. The molecule has 0 fully saturated rings. The first-order valence-corrected chi connectivity index (χ1v) is 3.82. The number of pyridine rings is 1. The maximum Gasteiger partial charge on any atom is 0.278 e. The molecular formula is C7H5ClF2N2O2. The Hall–Kier alpha value is -1.43. The highest BCUT2D eigenvalue weighted by Gasteiger charge is 2.16. The lowest BCUT2D eigenvalue weighted by atomic mass is 10.2. The molecule has 1 aromatic heterocycles. The van der Waals surface area contributed by atoms with Gasteiger partial charge in [0.25, 0.3) is 12.3 Å². The van der Waals surface area contributed by atoms with Gasteiger partial charge in [0.2, 0.25) is 0 Å². The number of aromatic nitrogens is 1. The molecule has 0 spiro atoms. The fourth-order valence-electron chi connectivity index (χ4n) is 0.894. The molecule has 0 saturated carbocycles. The Morgan fingerprint density at radius 3 is 2.50 bits per heavy atom. The number of hydrogen-bond donors (Lipinski definition) is 2. The highest BCUT2D eigenvalue weighted by atomic mass is 35.5. The molecule has 4 nitrogen and oxygen atoms in total. The van der Waals surface area contributed by atoms with Crippen LogP contribution in [0.2, 0.25) is 5.15 Å². The maximum absolute atomic E-state index is 12.1. The molecule has 1 heterocycles. The Balaban J connectivity index is 3.40. The Kier molecular flexibility index (Phi) is 2.85. The number of hydrogen-bond acceptors (Lipinski definition) is 2. The number of halogens is 3.